The zero-order valence-corrected chi connectivity index (χ0v) is 10.6. The van der Waals surface area contributed by atoms with Gasteiger partial charge in [0.05, 0.1) is 5.02 Å². The lowest BCUT2D eigenvalue weighted by Gasteiger charge is -2.27. The molecule has 2 atom stereocenters. The molecule has 1 aromatic rings. The Kier molecular flexibility index (Phi) is 4.10. The van der Waals surface area contributed by atoms with Crippen molar-refractivity contribution in [3.05, 3.63) is 34.6 Å². The Hall–Kier alpha value is -0.270. The zero-order chi connectivity index (χ0) is 11.5. The first kappa shape index (κ1) is 12.2. The van der Waals surface area contributed by atoms with E-state index in [0.29, 0.717) is 5.92 Å². The summed E-state index contributed by atoms with van der Waals surface area (Å²) in [4.78, 5) is 0. The summed E-state index contributed by atoms with van der Waals surface area (Å²) in [7, 11) is 0. The maximum Gasteiger partial charge on any atom is 0.142 e. The molecule has 0 nitrogen and oxygen atoms in total. The van der Waals surface area contributed by atoms with Crippen molar-refractivity contribution in [2.45, 2.75) is 37.5 Å². The summed E-state index contributed by atoms with van der Waals surface area (Å²) >= 11 is 11.9. The van der Waals surface area contributed by atoms with Crippen molar-refractivity contribution in [2.24, 2.45) is 5.92 Å². The fraction of sp³-hybridized carbons (Fsp3) is 0.538. The second-order valence-electron chi connectivity index (χ2n) is 4.51. The quantitative estimate of drug-likeness (QED) is 0.669. The summed E-state index contributed by atoms with van der Waals surface area (Å²) in [6.45, 7) is 0. The normalized spacial score (nSPS) is 25.7. The Morgan fingerprint density at radius 1 is 1.25 bits per heavy atom. The summed E-state index contributed by atoms with van der Waals surface area (Å²) in [5.74, 6) is 0.150. The Morgan fingerprint density at radius 2 is 2.00 bits per heavy atom. The van der Waals surface area contributed by atoms with Gasteiger partial charge in [-0.2, -0.15) is 0 Å². The smallest absolute Gasteiger partial charge is 0.142 e. The summed E-state index contributed by atoms with van der Waals surface area (Å²) in [6.07, 6.45) is 5.56. The average molecular weight is 261 g/mol. The molecule has 0 radical (unpaired) electrons. The number of alkyl halides is 1. The lowest BCUT2D eigenvalue weighted by Crippen LogP contribution is -2.21. The Balaban J connectivity index is 2.05. The van der Waals surface area contributed by atoms with Crippen LogP contribution in [-0.2, 0) is 6.42 Å². The predicted octanol–water partition coefficient (Wildman–Crippen LogP) is 4.82. The molecule has 1 aliphatic carbocycles. The van der Waals surface area contributed by atoms with Crippen LogP contribution in [0.25, 0.3) is 0 Å². The number of hydrogen-bond donors (Lipinski definition) is 0. The van der Waals surface area contributed by atoms with E-state index in [1.54, 1.807) is 6.07 Å². The van der Waals surface area contributed by atoms with Gasteiger partial charge in [0.1, 0.15) is 5.82 Å². The molecule has 0 bridgehead atoms. The minimum Gasteiger partial charge on any atom is -0.205 e. The molecule has 0 aliphatic heterocycles. The van der Waals surface area contributed by atoms with Crippen LogP contribution in [0.3, 0.4) is 0 Å². The lowest BCUT2D eigenvalue weighted by atomic mass is 9.84. The maximum absolute atomic E-state index is 13.3. The molecule has 2 rings (SSSR count). The van der Waals surface area contributed by atoms with Gasteiger partial charge < -0.3 is 0 Å². The molecule has 0 amide bonds. The highest BCUT2D eigenvalue weighted by Crippen LogP contribution is 2.31. The number of benzene rings is 1. The lowest BCUT2D eigenvalue weighted by molar-refractivity contribution is 0.363. The molecule has 1 aliphatic rings. The fourth-order valence-corrected chi connectivity index (χ4v) is 2.85. The van der Waals surface area contributed by atoms with Gasteiger partial charge in [-0.25, -0.2) is 4.39 Å². The van der Waals surface area contributed by atoms with E-state index in [9.17, 15) is 4.39 Å². The summed E-state index contributed by atoms with van der Waals surface area (Å²) in [5.41, 5.74) is 0.999. The second-order valence-corrected chi connectivity index (χ2v) is 5.48. The molecular weight excluding hydrogens is 246 g/mol. The third-order valence-corrected chi connectivity index (χ3v) is 4.18. The third kappa shape index (κ3) is 2.89. The van der Waals surface area contributed by atoms with Crippen molar-refractivity contribution < 1.29 is 4.39 Å². The van der Waals surface area contributed by atoms with Crippen molar-refractivity contribution >= 4 is 23.2 Å². The first-order valence-corrected chi connectivity index (χ1v) is 6.56. The van der Waals surface area contributed by atoms with Gasteiger partial charge in [0.2, 0.25) is 0 Å². The van der Waals surface area contributed by atoms with Gasteiger partial charge in [0, 0.05) is 5.38 Å². The van der Waals surface area contributed by atoms with E-state index in [1.807, 2.05) is 6.07 Å². The maximum atomic E-state index is 13.3. The molecule has 0 spiro atoms. The molecule has 16 heavy (non-hydrogen) atoms. The molecule has 0 N–H and O–H groups in total. The monoisotopic (exact) mass is 260 g/mol. The van der Waals surface area contributed by atoms with Crippen LogP contribution in [0, 0.1) is 11.7 Å². The molecule has 88 valence electrons. The second kappa shape index (κ2) is 5.37. The van der Waals surface area contributed by atoms with Gasteiger partial charge in [-0.3, -0.25) is 0 Å². The largest absolute Gasteiger partial charge is 0.205 e. The topological polar surface area (TPSA) is 0 Å². The van der Waals surface area contributed by atoms with E-state index in [0.717, 1.165) is 24.8 Å². The molecule has 0 heterocycles. The van der Waals surface area contributed by atoms with Gasteiger partial charge in [-0.1, -0.05) is 30.5 Å². The van der Waals surface area contributed by atoms with E-state index < -0.39 is 0 Å². The van der Waals surface area contributed by atoms with Crippen LogP contribution in [0.4, 0.5) is 4.39 Å². The Morgan fingerprint density at radius 3 is 2.69 bits per heavy atom. The number of hydrogen-bond acceptors (Lipinski definition) is 0. The van der Waals surface area contributed by atoms with E-state index in [-0.39, 0.29) is 16.2 Å². The van der Waals surface area contributed by atoms with Crippen LogP contribution in [0.5, 0.6) is 0 Å². The van der Waals surface area contributed by atoms with Crippen LogP contribution < -0.4 is 0 Å². The molecule has 1 aromatic carbocycles. The highest BCUT2D eigenvalue weighted by molar-refractivity contribution is 6.30. The van der Waals surface area contributed by atoms with E-state index in [2.05, 4.69) is 0 Å². The van der Waals surface area contributed by atoms with Gasteiger partial charge in [0.25, 0.3) is 0 Å². The van der Waals surface area contributed by atoms with Crippen LogP contribution in [0.2, 0.25) is 5.02 Å². The Labute approximate surface area is 106 Å². The van der Waals surface area contributed by atoms with Crippen molar-refractivity contribution in [3.8, 4) is 0 Å². The first-order valence-electron chi connectivity index (χ1n) is 5.75. The SMILES string of the molecule is Fc1cc(CC2CCCCC2Cl)ccc1Cl. The first-order chi connectivity index (χ1) is 7.66. The molecule has 2 unspecified atom stereocenters. The van der Waals surface area contributed by atoms with Crippen LogP contribution >= 0.6 is 23.2 Å². The van der Waals surface area contributed by atoms with Crippen LogP contribution in [0.15, 0.2) is 18.2 Å². The fourth-order valence-electron chi connectivity index (χ4n) is 2.36. The molecular formula is C13H15Cl2F. The third-order valence-electron chi connectivity index (χ3n) is 3.30. The van der Waals surface area contributed by atoms with Crippen molar-refractivity contribution in [3.63, 3.8) is 0 Å². The van der Waals surface area contributed by atoms with Gasteiger partial charge >= 0.3 is 0 Å². The van der Waals surface area contributed by atoms with E-state index >= 15 is 0 Å². The van der Waals surface area contributed by atoms with Crippen molar-refractivity contribution in [2.75, 3.05) is 0 Å². The molecule has 3 heteroatoms. The summed E-state index contributed by atoms with van der Waals surface area (Å²) in [6, 6.07) is 5.04. The predicted molar refractivity (Wildman–Crippen MR) is 66.7 cm³/mol. The molecule has 1 fully saturated rings. The highest BCUT2D eigenvalue weighted by atomic mass is 35.5. The Bertz CT molecular complexity index is 365. The van der Waals surface area contributed by atoms with Crippen molar-refractivity contribution in [1.82, 2.24) is 0 Å². The highest BCUT2D eigenvalue weighted by Gasteiger charge is 2.23. The van der Waals surface area contributed by atoms with Gasteiger partial charge in [-0.15, -0.1) is 11.6 Å². The molecule has 0 aromatic heterocycles. The van der Waals surface area contributed by atoms with E-state index in [1.165, 1.54) is 18.9 Å². The number of halogens is 3. The van der Waals surface area contributed by atoms with Gasteiger partial charge in [-0.05, 0) is 42.9 Å². The zero-order valence-electron chi connectivity index (χ0n) is 9.06. The van der Waals surface area contributed by atoms with Crippen molar-refractivity contribution in [1.29, 1.82) is 0 Å². The minimum absolute atomic E-state index is 0.190. The summed E-state index contributed by atoms with van der Waals surface area (Å²) < 4.78 is 13.3. The number of rotatable bonds is 2. The minimum atomic E-state index is -0.332. The summed E-state index contributed by atoms with van der Waals surface area (Å²) in [5, 5.41) is 0.433. The van der Waals surface area contributed by atoms with Crippen LogP contribution in [0.1, 0.15) is 31.2 Å². The van der Waals surface area contributed by atoms with E-state index in [4.69, 9.17) is 23.2 Å². The molecule has 1 saturated carbocycles. The molecule has 0 saturated heterocycles. The standard InChI is InChI=1S/C13H15Cl2F/c14-11-4-2-1-3-10(11)7-9-5-6-12(15)13(16)8-9/h5-6,8,10-11H,1-4,7H2. The average Bonchev–Trinajstić information content (AvgIpc) is 2.27. The van der Waals surface area contributed by atoms with Crippen LogP contribution in [-0.4, -0.2) is 5.38 Å². The van der Waals surface area contributed by atoms with Gasteiger partial charge in [0.15, 0.2) is 0 Å².